The van der Waals surface area contributed by atoms with E-state index >= 15 is 0 Å². The van der Waals surface area contributed by atoms with Crippen molar-refractivity contribution in [1.82, 2.24) is 4.90 Å². The predicted molar refractivity (Wildman–Crippen MR) is 86.1 cm³/mol. The Balaban J connectivity index is 1.33. The third-order valence-corrected chi connectivity index (χ3v) is 4.90. The summed E-state index contributed by atoms with van der Waals surface area (Å²) in [7, 11) is 0. The highest BCUT2D eigenvalue weighted by atomic mass is 16.5. The molecular weight excluding hydrogens is 262 g/mol. The number of anilines is 2. The number of nitrogens with zero attached hydrogens (tertiary/aromatic N) is 2. The van der Waals surface area contributed by atoms with Crippen LogP contribution in [0, 0.1) is 0 Å². The number of rotatable bonds is 4. The molecule has 1 atom stereocenters. The molecule has 1 N–H and O–H groups in total. The molecule has 0 bridgehead atoms. The molecule has 0 radical (unpaired) electrons. The summed E-state index contributed by atoms with van der Waals surface area (Å²) in [5, 5.41) is 3.70. The third-order valence-electron chi connectivity index (χ3n) is 4.90. The standard InChI is InChI=1S/C17H25N3O/c1-3-16(19-9-11-21-12-10-19)4-2-14(1)18-15-7-8-20(13-15)17-5-6-17/h1-4,15,17-18H,5-13H2. The van der Waals surface area contributed by atoms with Gasteiger partial charge in [-0.15, -0.1) is 0 Å². The number of benzene rings is 1. The monoisotopic (exact) mass is 287 g/mol. The lowest BCUT2D eigenvalue weighted by Gasteiger charge is -2.29. The van der Waals surface area contributed by atoms with Crippen molar-refractivity contribution in [2.45, 2.75) is 31.3 Å². The van der Waals surface area contributed by atoms with Crippen LogP contribution < -0.4 is 10.2 Å². The first-order chi connectivity index (χ1) is 10.4. The first-order valence-corrected chi connectivity index (χ1v) is 8.32. The molecule has 4 nitrogen and oxygen atoms in total. The molecule has 21 heavy (non-hydrogen) atoms. The van der Waals surface area contributed by atoms with Gasteiger partial charge in [-0.05, 0) is 43.5 Å². The van der Waals surface area contributed by atoms with Crippen LogP contribution in [-0.2, 0) is 4.74 Å². The van der Waals surface area contributed by atoms with Crippen molar-refractivity contribution < 1.29 is 4.74 Å². The Bertz CT molecular complexity index is 465. The molecule has 3 aliphatic rings. The quantitative estimate of drug-likeness (QED) is 0.918. The summed E-state index contributed by atoms with van der Waals surface area (Å²) < 4.78 is 5.41. The van der Waals surface area contributed by atoms with Crippen LogP contribution in [0.2, 0.25) is 0 Å². The van der Waals surface area contributed by atoms with Crippen molar-refractivity contribution in [1.29, 1.82) is 0 Å². The maximum Gasteiger partial charge on any atom is 0.0642 e. The van der Waals surface area contributed by atoms with Crippen LogP contribution in [0.5, 0.6) is 0 Å². The number of ether oxygens (including phenoxy) is 1. The van der Waals surface area contributed by atoms with Crippen LogP contribution in [0.1, 0.15) is 19.3 Å². The van der Waals surface area contributed by atoms with E-state index in [0.717, 1.165) is 32.3 Å². The second kappa shape index (κ2) is 5.85. The number of nitrogens with one attached hydrogen (secondary N) is 1. The van der Waals surface area contributed by atoms with E-state index in [1.807, 2.05) is 0 Å². The topological polar surface area (TPSA) is 27.7 Å². The molecule has 2 heterocycles. The molecule has 1 unspecified atom stereocenters. The highest BCUT2D eigenvalue weighted by Gasteiger charge is 2.34. The van der Waals surface area contributed by atoms with Gasteiger partial charge < -0.3 is 15.0 Å². The highest BCUT2D eigenvalue weighted by Crippen LogP contribution is 2.30. The lowest BCUT2D eigenvalue weighted by Crippen LogP contribution is -2.36. The fourth-order valence-electron chi connectivity index (χ4n) is 3.50. The van der Waals surface area contributed by atoms with Gasteiger partial charge in [-0.3, -0.25) is 4.90 Å². The van der Waals surface area contributed by atoms with Gasteiger partial charge in [-0.2, -0.15) is 0 Å². The molecule has 1 aromatic carbocycles. The number of likely N-dealkylation sites (tertiary alicyclic amines) is 1. The summed E-state index contributed by atoms with van der Waals surface area (Å²) in [6, 6.07) is 10.5. The van der Waals surface area contributed by atoms with E-state index < -0.39 is 0 Å². The maximum absolute atomic E-state index is 5.41. The first kappa shape index (κ1) is 13.4. The molecule has 0 amide bonds. The Labute approximate surface area is 127 Å². The van der Waals surface area contributed by atoms with Crippen LogP contribution in [-0.4, -0.2) is 56.4 Å². The van der Waals surface area contributed by atoms with Crippen LogP contribution in [0.4, 0.5) is 11.4 Å². The van der Waals surface area contributed by atoms with Gasteiger partial charge in [-0.1, -0.05) is 0 Å². The molecule has 1 saturated carbocycles. The number of morpholine rings is 1. The van der Waals surface area contributed by atoms with Crippen molar-refractivity contribution in [3.63, 3.8) is 0 Å². The minimum absolute atomic E-state index is 0.625. The lowest BCUT2D eigenvalue weighted by atomic mass is 10.2. The maximum atomic E-state index is 5.41. The van der Waals surface area contributed by atoms with E-state index in [2.05, 4.69) is 39.4 Å². The SMILES string of the molecule is c1cc(N2CCOCC2)ccc1NC1CCN(C2CC2)C1. The van der Waals surface area contributed by atoms with Gasteiger partial charge in [0.1, 0.15) is 0 Å². The van der Waals surface area contributed by atoms with E-state index in [9.17, 15) is 0 Å². The normalized spacial score (nSPS) is 27.0. The molecule has 4 heteroatoms. The second-order valence-corrected chi connectivity index (χ2v) is 6.50. The Morgan fingerprint density at radius 2 is 1.71 bits per heavy atom. The molecule has 1 aliphatic carbocycles. The van der Waals surface area contributed by atoms with Gasteiger partial charge in [0.2, 0.25) is 0 Å². The summed E-state index contributed by atoms with van der Waals surface area (Å²) in [4.78, 5) is 5.05. The van der Waals surface area contributed by atoms with Crippen LogP contribution in [0.25, 0.3) is 0 Å². The summed E-state index contributed by atoms with van der Waals surface area (Å²) in [6.07, 6.45) is 4.11. The van der Waals surface area contributed by atoms with Gasteiger partial charge in [-0.25, -0.2) is 0 Å². The fourth-order valence-corrected chi connectivity index (χ4v) is 3.50. The fraction of sp³-hybridized carbons (Fsp3) is 0.647. The van der Waals surface area contributed by atoms with Crippen molar-refractivity contribution >= 4 is 11.4 Å². The van der Waals surface area contributed by atoms with E-state index in [0.29, 0.717) is 6.04 Å². The summed E-state index contributed by atoms with van der Waals surface area (Å²) in [5.41, 5.74) is 2.57. The Hall–Kier alpha value is -1.26. The zero-order chi connectivity index (χ0) is 14.1. The Morgan fingerprint density at radius 3 is 2.43 bits per heavy atom. The van der Waals surface area contributed by atoms with Gasteiger partial charge in [0.05, 0.1) is 13.2 Å². The zero-order valence-electron chi connectivity index (χ0n) is 12.6. The Morgan fingerprint density at radius 1 is 0.952 bits per heavy atom. The summed E-state index contributed by atoms with van der Waals surface area (Å²) in [6.45, 7) is 6.19. The molecule has 0 spiro atoms. The van der Waals surface area contributed by atoms with Gasteiger partial charge in [0, 0.05) is 49.6 Å². The second-order valence-electron chi connectivity index (χ2n) is 6.50. The van der Waals surface area contributed by atoms with Crippen molar-refractivity contribution in [2.24, 2.45) is 0 Å². The summed E-state index contributed by atoms with van der Waals surface area (Å²) in [5.74, 6) is 0. The average molecular weight is 287 g/mol. The van der Waals surface area contributed by atoms with Crippen LogP contribution in [0.3, 0.4) is 0 Å². The number of hydrogen-bond donors (Lipinski definition) is 1. The van der Waals surface area contributed by atoms with Gasteiger partial charge in [0.15, 0.2) is 0 Å². The molecule has 1 aromatic rings. The average Bonchev–Trinajstić information content (AvgIpc) is 3.29. The largest absolute Gasteiger partial charge is 0.381 e. The molecule has 2 saturated heterocycles. The van der Waals surface area contributed by atoms with Crippen molar-refractivity contribution in [3.8, 4) is 0 Å². The molecule has 3 fully saturated rings. The van der Waals surface area contributed by atoms with E-state index in [4.69, 9.17) is 4.74 Å². The minimum Gasteiger partial charge on any atom is -0.381 e. The third kappa shape index (κ3) is 3.16. The lowest BCUT2D eigenvalue weighted by molar-refractivity contribution is 0.122. The van der Waals surface area contributed by atoms with E-state index in [1.54, 1.807) is 0 Å². The molecule has 0 aromatic heterocycles. The smallest absolute Gasteiger partial charge is 0.0642 e. The first-order valence-electron chi connectivity index (χ1n) is 8.32. The van der Waals surface area contributed by atoms with Crippen LogP contribution >= 0.6 is 0 Å². The molecule has 2 aliphatic heterocycles. The van der Waals surface area contributed by atoms with Gasteiger partial charge in [0.25, 0.3) is 0 Å². The zero-order valence-corrected chi connectivity index (χ0v) is 12.6. The van der Waals surface area contributed by atoms with E-state index in [1.165, 1.54) is 43.7 Å². The Kier molecular flexibility index (Phi) is 3.74. The predicted octanol–water partition coefficient (Wildman–Crippen LogP) is 2.17. The molecular formula is C17H25N3O. The number of hydrogen-bond acceptors (Lipinski definition) is 4. The molecule has 114 valence electrons. The van der Waals surface area contributed by atoms with Crippen LogP contribution in [0.15, 0.2) is 24.3 Å². The van der Waals surface area contributed by atoms with Crippen molar-refractivity contribution in [3.05, 3.63) is 24.3 Å². The van der Waals surface area contributed by atoms with E-state index in [-0.39, 0.29) is 0 Å². The minimum atomic E-state index is 0.625. The highest BCUT2D eigenvalue weighted by molar-refractivity contribution is 5.55. The summed E-state index contributed by atoms with van der Waals surface area (Å²) >= 11 is 0. The van der Waals surface area contributed by atoms with Crippen molar-refractivity contribution in [2.75, 3.05) is 49.6 Å². The molecule has 4 rings (SSSR count). The van der Waals surface area contributed by atoms with Gasteiger partial charge >= 0.3 is 0 Å².